The molecule has 142 valence electrons. The molecule has 1 saturated carbocycles. The largest absolute Gasteiger partial charge is 0.352 e. The van der Waals surface area contributed by atoms with Gasteiger partial charge in [0, 0.05) is 18.0 Å². The average Bonchev–Trinajstić information content (AvgIpc) is 3.41. The fourth-order valence-electron chi connectivity index (χ4n) is 2.55. The summed E-state index contributed by atoms with van der Waals surface area (Å²) in [7, 11) is 0. The predicted octanol–water partition coefficient (Wildman–Crippen LogP) is 1.48. The summed E-state index contributed by atoms with van der Waals surface area (Å²) < 4.78 is 1.52. The lowest BCUT2D eigenvalue weighted by atomic mass is 10.3. The third-order valence-corrected chi connectivity index (χ3v) is 4.00. The van der Waals surface area contributed by atoms with Crippen molar-refractivity contribution in [1.82, 2.24) is 20.4 Å². The molecule has 0 bridgehead atoms. The molecule has 3 N–H and O–H groups in total. The van der Waals surface area contributed by atoms with Gasteiger partial charge >= 0.3 is 0 Å². The second kappa shape index (κ2) is 8.03. The van der Waals surface area contributed by atoms with Crippen LogP contribution in [-0.4, -0.2) is 40.1 Å². The van der Waals surface area contributed by atoms with E-state index < -0.39 is 5.91 Å². The van der Waals surface area contributed by atoms with Crippen molar-refractivity contribution >= 4 is 23.5 Å². The normalized spacial score (nSPS) is 13.3. The first-order valence-electron chi connectivity index (χ1n) is 8.98. The minimum absolute atomic E-state index is 0.00377. The minimum Gasteiger partial charge on any atom is -0.352 e. The first-order valence-corrected chi connectivity index (χ1v) is 8.98. The Morgan fingerprint density at radius 2 is 1.89 bits per heavy atom. The highest BCUT2D eigenvalue weighted by atomic mass is 16.2. The van der Waals surface area contributed by atoms with Gasteiger partial charge in [0.15, 0.2) is 5.69 Å². The number of nitrogens with one attached hydrogen (secondary N) is 3. The van der Waals surface area contributed by atoms with Crippen molar-refractivity contribution in [3.63, 3.8) is 0 Å². The molecule has 8 nitrogen and oxygen atoms in total. The van der Waals surface area contributed by atoms with Crippen LogP contribution < -0.4 is 16.0 Å². The van der Waals surface area contributed by atoms with Gasteiger partial charge in [-0.3, -0.25) is 14.4 Å². The number of para-hydroxylation sites is 1. The highest BCUT2D eigenvalue weighted by Gasteiger charge is 2.30. The smallest absolute Gasteiger partial charge is 0.272 e. The maximum atomic E-state index is 12.4. The molecule has 0 atom stereocenters. The van der Waals surface area contributed by atoms with Gasteiger partial charge < -0.3 is 16.0 Å². The van der Waals surface area contributed by atoms with Gasteiger partial charge in [-0.05, 0) is 38.8 Å². The number of hydrogen-bond donors (Lipinski definition) is 3. The van der Waals surface area contributed by atoms with E-state index in [4.69, 9.17) is 0 Å². The quantitative estimate of drug-likeness (QED) is 0.687. The number of aromatic nitrogens is 2. The molecule has 0 unspecified atom stereocenters. The van der Waals surface area contributed by atoms with E-state index in [1.54, 1.807) is 0 Å². The van der Waals surface area contributed by atoms with E-state index >= 15 is 0 Å². The van der Waals surface area contributed by atoms with Crippen LogP contribution in [0.2, 0.25) is 0 Å². The number of amides is 3. The lowest BCUT2D eigenvalue weighted by molar-refractivity contribution is -0.120. The van der Waals surface area contributed by atoms with E-state index in [1.165, 1.54) is 10.7 Å². The lowest BCUT2D eigenvalue weighted by Gasteiger charge is -2.08. The summed E-state index contributed by atoms with van der Waals surface area (Å²) in [4.78, 5) is 36.2. The topological polar surface area (TPSA) is 105 Å². The molecule has 1 fully saturated rings. The molecule has 3 rings (SSSR count). The zero-order valence-corrected chi connectivity index (χ0v) is 15.4. The van der Waals surface area contributed by atoms with Crippen molar-refractivity contribution in [2.75, 3.05) is 11.9 Å². The number of carbonyl (C=O) groups is 3. The lowest BCUT2D eigenvalue weighted by Crippen LogP contribution is -2.39. The molecule has 1 aliphatic rings. The van der Waals surface area contributed by atoms with Crippen LogP contribution in [0.25, 0.3) is 5.69 Å². The van der Waals surface area contributed by atoms with Crippen molar-refractivity contribution in [1.29, 1.82) is 0 Å². The summed E-state index contributed by atoms with van der Waals surface area (Å²) in [6, 6.07) is 10.7. The van der Waals surface area contributed by atoms with Gasteiger partial charge in [-0.1, -0.05) is 18.2 Å². The number of rotatable bonds is 7. The van der Waals surface area contributed by atoms with Gasteiger partial charge in [-0.25, -0.2) is 4.68 Å². The Hall–Kier alpha value is -3.16. The molecule has 0 aliphatic heterocycles. The number of carbonyl (C=O) groups excluding carboxylic acids is 3. The molecule has 1 heterocycles. The summed E-state index contributed by atoms with van der Waals surface area (Å²) in [5.41, 5.74) is 0.850. The van der Waals surface area contributed by atoms with Gasteiger partial charge in [0.05, 0.1) is 12.2 Å². The average molecular weight is 369 g/mol. The molecular weight excluding hydrogens is 346 g/mol. The number of anilines is 1. The summed E-state index contributed by atoms with van der Waals surface area (Å²) in [5, 5.41) is 12.4. The fraction of sp³-hybridized carbons (Fsp3) is 0.368. The van der Waals surface area contributed by atoms with E-state index in [-0.39, 0.29) is 36.0 Å². The van der Waals surface area contributed by atoms with E-state index in [0.29, 0.717) is 5.82 Å². The molecule has 0 spiro atoms. The Kier molecular flexibility index (Phi) is 5.54. The van der Waals surface area contributed by atoms with E-state index in [1.807, 2.05) is 44.2 Å². The SMILES string of the molecule is CC(C)NC(=O)CNC(=O)c1cc(NC(=O)C2CC2)n(-c2ccccc2)n1. The van der Waals surface area contributed by atoms with Crippen LogP contribution in [0.5, 0.6) is 0 Å². The second-order valence-corrected chi connectivity index (χ2v) is 6.83. The molecule has 0 saturated heterocycles. The molecular formula is C19H23N5O3. The van der Waals surface area contributed by atoms with Crippen molar-refractivity contribution < 1.29 is 14.4 Å². The first-order chi connectivity index (χ1) is 12.9. The highest BCUT2D eigenvalue weighted by molar-refractivity contribution is 5.98. The van der Waals surface area contributed by atoms with Gasteiger partial charge in [0.25, 0.3) is 5.91 Å². The van der Waals surface area contributed by atoms with Gasteiger partial charge in [-0.15, -0.1) is 0 Å². The Morgan fingerprint density at radius 1 is 1.19 bits per heavy atom. The van der Waals surface area contributed by atoms with Crippen LogP contribution in [0.15, 0.2) is 36.4 Å². The predicted molar refractivity (Wildman–Crippen MR) is 101 cm³/mol. The maximum Gasteiger partial charge on any atom is 0.272 e. The summed E-state index contributed by atoms with van der Waals surface area (Å²) in [6.45, 7) is 3.55. The van der Waals surface area contributed by atoms with Crippen LogP contribution in [0.3, 0.4) is 0 Å². The van der Waals surface area contributed by atoms with E-state index in [0.717, 1.165) is 18.5 Å². The standard InChI is InChI=1S/C19H23N5O3/c1-12(2)21-17(25)11-20-19(27)15-10-16(22-18(26)13-8-9-13)24(23-15)14-6-4-3-5-7-14/h3-7,10,12-13H,8-9,11H2,1-2H3,(H,20,27)(H,21,25)(H,22,26). The number of nitrogens with zero attached hydrogens (tertiary/aromatic N) is 2. The molecule has 8 heteroatoms. The van der Waals surface area contributed by atoms with E-state index in [2.05, 4.69) is 21.0 Å². The van der Waals surface area contributed by atoms with Crippen LogP contribution in [0.1, 0.15) is 37.2 Å². The van der Waals surface area contributed by atoms with Gasteiger partial charge in [0.1, 0.15) is 5.82 Å². The van der Waals surface area contributed by atoms with Gasteiger partial charge in [-0.2, -0.15) is 5.10 Å². The molecule has 0 radical (unpaired) electrons. The van der Waals surface area contributed by atoms with Crippen LogP contribution in [-0.2, 0) is 9.59 Å². The third-order valence-electron chi connectivity index (χ3n) is 4.00. The molecule has 1 aromatic heterocycles. The molecule has 3 amide bonds. The highest BCUT2D eigenvalue weighted by Crippen LogP contribution is 2.30. The van der Waals surface area contributed by atoms with Crippen LogP contribution in [0, 0.1) is 5.92 Å². The van der Waals surface area contributed by atoms with Gasteiger partial charge in [0.2, 0.25) is 11.8 Å². The summed E-state index contributed by atoms with van der Waals surface area (Å²) in [6.07, 6.45) is 1.76. The summed E-state index contributed by atoms with van der Waals surface area (Å²) in [5.74, 6) is -0.375. The molecule has 1 aromatic carbocycles. The van der Waals surface area contributed by atoms with Crippen molar-refractivity contribution in [3.05, 3.63) is 42.1 Å². The fourth-order valence-corrected chi connectivity index (χ4v) is 2.55. The first kappa shape index (κ1) is 18.6. The van der Waals surface area contributed by atoms with Crippen LogP contribution >= 0.6 is 0 Å². The maximum absolute atomic E-state index is 12.4. The monoisotopic (exact) mass is 369 g/mol. The number of benzene rings is 1. The Bertz CT molecular complexity index is 840. The Morgan fingerprint density at radius 3 is 2.52 bits per heavy atom. The molecule has 1 aliphatic carbocycles. The minimum atomic E-state index is -0.481. The number of hydrogen-bond acceptors (Lipinski definition) is 4. The third kappa shape index (κ3) is 4.93. The van der Waals surface area contributed by atoms with Crippen LogP contribution in [0.4, 0.5) is 5.82 Å². The van der Waals surface area contributed by atoms with Crippen molar-refractivity contribution in [2.45, 2.75) is 32.7 Å². The van der Waals surface area contributed by atoms with E-state index in [9.17, 15) is 14.4 Å². The Labute approximate surface area is 157 Å². The van der Waals surface area contributed by atoms with Crippen molar-refractivity contribution in [2.24, 2.45) is 5.92 Å². The van der Waals surface area contributed by atoms with Crippen molar-refractivity contribution in [3.8, 4) is 5.69 Å². The zero-order valence-electron chi connectivity index (χ0n) is 15.4. The second-order valence-electron chi connectivity index (χ2n) is 6.83. The molecule has 27 heavy (non-hydrogen) atoms. The zero-order chi connectivity index (χ0) is 19.4. The Balaban J connectivity index is 1.77. The molecule has 2 aromatic rings. The summed E-state index contributed by atoms with van der Waals surface area (Å²) >= 11 is 0.